The third-order valence-electron chi connectivity index (χ3n) is 5.18. The Balaban J connectivity index is 1.86. The molecule has 4 fully saturated rings. The van der Waals surface area contributed by atoms with Gasteiger partial charge in [0.2, 0.25) is 0 Å². The molecule has 0 heteroatoms. The van der Waals surface area contributed by atoms with E-state index in [-0.39, 0.29) is 0 Å². The summed E-state index contributed by atoms with van der Waals surface area (Å²) in [5.41, 5.74) is 2.04. The molecular weight excluding hydrogens is 180 g/mol. The Kier molecular flexibility index (Phi) is 2.09. The van der Waals surface area contributed by atoms with Crippen LogP contribution in [0.3, 0.4) is 0 Å². The van der Waals surface area contributed by atoms with Crippen molar-refractivity contribution in [1.82, 2.24) is 0 Å². The maximum atomic E-state index is 4.36. The molecule has 4 bridgehead atoms. The summed E-state index contributed by atoms with van der Waals surface area (Å²) in [4.78, 5) is 0. The van der Waals surface area contributed by atoms with E-state index in [1.165, 1.54) is 44.1 Å². The first-order chi connectivity index (χ1) is 7.22. The predicted octanol–water partition coefficient (Wildman–Crippen LogP) is 4.34. The highest BCUT2D eigenvalue weighted by molar-refractivity contribution is 5.19. The molecule has 0 aromatic heterocycles. The van der Waals surface area contributed by atoms with Crippen molar-refractivity contribution in [3.05, 3.63) is 24.8 Å². The SMILES string of the molecule is C=CCC(=C)C12CC3CC(CC(C3)C1)C2. The molecule has 0 atom stereocenters. The summed E-state index contributed by atoms with van der Waals surface area (Å²) in [6.45, 7) is 8.23. The number of hydrogen-bond donors (Lipinski definition) is 0. The van der Waals surface area contributed by atoms with Crippen LogP contribution in [0, 0.1) is 23.2 Å². The van der Waals surface area contributed by atoms with Crippen molar-refractivity contribution in [2.75, 3.05) is 0 Å². The molecule has 0 unspecified atom stereocenters. The van der Waals surface area contributed by atoms with Gasteiger partial charge in [-0.15, -0.1) is 6.58 Å². The lowest BCUT2D eigenvalue weighted by molar-refractivity contribution is -0.0311. The van der Waals surface area contributed by atoms with Crippen molar-refractivity contribution >= 4 is 0 Å². The fraction of sp³-hybridized carbons (Fsp3) is 0.733. The standard InChI is InChI=1S/C15H22/c1-3-4-11(2)15-8-12-5-13(9-15)7-14(6-12)10-15/h3,12-14H,1-2,4-10H2. The Labute approximate surface area is 93.5 Å². The lowest BCUT2D eigenvalue weighted by atomic mass is 9.47. The lowest BCUT2D eigenvalue weighted by Crippen LogP contribution is -2.46. The number of hydrogen-bond acceptors (Lipinski definition) is 0. The molecule has 0 nitrogen and oxygen atoms in total. The highest BCUT2D eigenvalue weighted by Gasteiger charge is 2.51. The summed E-state index contributed by atoms with van der Waals surface area (Å²) in [5, 5.41) is 0. The Morgan fingerprint density at radius 3 is 1.93 bits per heavy atom. The number of allylic oxidation sites excluding steroid dienone is 2. The zero-order valence-electron chi connectivity index (χ0n) is 9.67. The van der Waals surface area contributed by atoms with Gasteiger partial charge in [-0.05, 0) is 68.1 Å². The third-order valence-corrected chi connectivity index (χ3v) is 5.18. The monoisotopic (exact) mass is 202 g/mol. The van der Waals surface area contributed by atoms with E-state index < -0.39 is 0 Å². The fourth-order valence-electron chi connectivity index (χ4n) is 4.93. The second-order valence-electron chi connectivity index (χ2n) is 6.29. The van der Waals surface area contributed by atoms with Crippen LogP contribution >= 0.6 is 0 Å². The van der Waals surface area contributed by atoms with Crippen molar-refractivity contribution in [3.8, 4) is 0 Å². The molecule has 0 aliphatic heterocycles. The van der Waals surface area contributed by atoms with Crippen molar-refractivity contribution in [3.63, 3.8) is 0 Å². The van der Waals surface area contributed by atoms with Gasteiger partial charge in [-0.1, -0.05) is 18.2 Å². The van der Waals surface area contributed by atoms with Crippen LogP contribution in [0.15, 0.2) is 24.8 Å². The molecular formula is C15H22. The van der Waals surface area contributed by atoms with E-state index in [1.807, 2.05) is 6.08 Å². The molecule has 4 saturated carbocycles. The van der Waals surface area contributed by atoms with Crippen LogP contribution in [0.4, 0.5) is 0 Å². The van der Waals surface area contributed by atoms with Crippen LogP contribution in [-0.4, -0.2) is 0 Å². The zero-order valence-corrected chi connectivity index (χ0v) is 9.67. The lowest BCUT2D eigenvalue weighted by Gasteiger charge is -2.57. The van der Waals surface area contributed by atoms with E-state index in [1.54, 1.807) is 0 Å². The molecule has 0 radical (unpaired) electrons. The summed E-state index contributed by atoms with van der Waals surface area (Å²) >= 11 is 0. The zero-order chi connectivity index (χ0) is 10.5. The topological polar surface area (TPSA) is 0 Å². The highest BCUT2D eigenvalue weighted by atomic mass is 14.6. The summed E-state index contributed by atoms with van der Waals surface area (Å²) < 4.78 is 0. The molecule has 4 aliphatic rings. The molecule has 0 N–H and O–H groups in total. The maximum Gasteiger partial charge on any atom is -0.00798 e. The Bertz CT molecular complexity index is 262. The Hall–Kier alpha value is -0.520. The number of rotatable bonds is 3. The highest BCUT2D eigenvalue weighted by Crippen LogP contribution is 2.62. The minimum atomic E-state index is 0.545. The van der Waals surface area contributed by atoms with E-state index >= 15 is 0 Å². The fourth-order valence-corrected chi connectivity index (χ4v) is 4.93. The van der Waals surface area contributed by atoms with Crippen molar-refractivity contribution in [2.24, 2.45) is 23.2 Å². The minimum absolute atomic E-state index is 0.545. The normalized spacial score (nSPS) is 46.8. The second-order valence-corrected chi connectivity index (χ2v) is 6.29. The van der Waals surface area contributed by atoms with Gasteiger partial charge in [-0.2, -0.15) is 0 Å². The van der Waals surface area contributed by atoms with Crippen molar-refractivity contribution in [2.45, 2.75) is 44.9 Å². The first kappa shape index (κ1) is 9.69. The second kappa shape index (κ2) is 3.23. The van der Waals surface area contributed by atoms with Crippen LogP contribution in [0.5, 0.6) is 0 Å². The molecule has 15 heavy (non-hydrogen) atoms. The average Bonchev–Trinajstić information content (AvgIpc) is 2.15. The van der Waals surface area contributed by atoms with Crippen molar-refractivity contribution in [1.29, 1.82) is 0 Å². The summed E-state index contributed by atoms with van der Waals surface area (Å²) in [7, 11) is 0. The Morgan fingerprint density at radius 2 is 1.53 bits per heavy atom. The van der Waals surface area contributed by atoms with E-state index in [0.717, 1.165) is 24.2 Å². The molecule has 0 aromatic rings. The smallest absolute Gasteiger partial charge is 0.00798 e. The van der Waals surface area contributed by atoms with Crippen LogP contribution < -0.4 is 0 Å². The van der Waals surface area contributed by atoms with Gasteiger partial charge in [0, 0.05) is 0 Å². The van der Waals surface area contributed by atoms with Crippen molar-refractivity contribution < 1.29 is 0 Å². The van der Waals surface area contributed by atoms with Gasteiger partial charge in [-0.3, -0.25) is 0 Å². The molecule has 4 rings (SSSR count). The van der Waals surface area contributed by atoms with Crippen LogP contribution in [0.1, 0.15) is 44.9 Å². The van der Waals surface area contributed by atoms with E-state index in [2.05, 4.69) is 13.2 Å². The first-order valence-electron chi connectivity index (χ1n) is 6.51. The van der Waals surface area contributed by atoms with Gasteiger partial charge >= 0.3 is 0 Å². The van der Waals surface area contributed by atoms with Gasteiger partial charge in [-0.25, -0.2) is 0 Å². The largest absolute Gasteiger partial charge is 0.103 e. The molecule has 4 aliphatic carbocycles. The predicted molar refractivity (Wildman–Crippen MR) is 64.6 cm³/mol. The van der Waals surface area contributed by atoms with Gasteiger partial charge in [0.25, 0.3) is 0 Å². The molecule has 0 aromatic carbocycles. The molecule has 0 spiro atoms. The minimum Gasteiger partial charge on any atom is -0.103 e. The van der Waals surface area contributed by atoms with Crippen LogP contribution in [0.2, 0.25) is 0 Å². The molecule has 0 amide bonds. The van der Waals surface area contributed by atoms with Crippen LogP contribution in [0.25, 0.3) is 0 Å². The van der Waals surface area contributed by atoms with Gasteiger partial charge in [0.15, 0.2) is 0 Å². The summed E-state index contributed by atoms with van der Waals surface area (Å²) in [6, 6.07) is 0. The summed E-state index contributed by atoms with van der Waals surface area (Å²) in [6.07, 6.45) is 12.0. The Morgan fingerprint density at radius 1 is 1.07 bits per heavy atom. The average molecular weight is 202 g/mol. The molecule has 0 saturated heterocycles. The summed E-state index contributed by atoms with van der Waals surface area (Å²) in [5.74, 6) is 3.12. The quantitative estimate of drug-likeness (QED) is 0.597. The third kappa shape index (κ3) is 1.41. The van der Waals surface area contributed by atoms with Gasteiger partial charge in [0.1, 0.15) is 0 Å². The van der Waals surface area contributed by atoms with Gasteiger partial charge in [0.05, 0.1) is 0 Å². The van der Waals surface area contributed by atoms with Crippen LogP contribution in [-0.2, 0) is 0 Å². The maximum absolute atomic E-state index is 4.36. The molecule has 0 heterocycles. The molecule has 82 valence electrons. The van der Waals surface area contributed by atoms with Gasteiger partial charge < -0.3 is 0 Å². The van der Waals surface area contributed by atoms with E-state index in [9.17, 15) is 0 Å². The van der Waals surface area contributed by atoms with E-state index in [4.69, 9.17) is 0 Å². The van der Waals surface area contributed by atoms with E-state index in [0.29, 0.717) is 5.41 Å². The first-order valence-corrected chi connectivity index (χ1v) is 6.51.